The fourth-order valence-electron chi connectivity index (χ4n) is 4.07. The summed E-state index contributed by atoms with van der Waals surface area (Å²) >= 11 is 0. The summed E-state index contributed by atoms with van der Waals surface area (Å²) in [6.07, 6.45) is 3.67. The second kappa shape index (κ2) is 9.43. The van der Waals surface area contributed by atoms with Crippen LogP contribution in [0, 0.1) is 0 Å². The van der Waals surface area contributed by atoms with Gasteiger partial charge in [0.05, 0.1) is 19.7 Å². The van der Waals surface area contributed by atoms with Crippen molar-refractivity contribution in [2.75, 3.05) is 12.4 Å². The van der Waals surface area contributed by atoms with Gasteiger partial charge >= 0.3 is 0 Å². The van der Waals surface area contributed by atoms with Crippen molar-refractivity contribution in [2.45, 2.75) is 19.5 Å². The van der Waals surface area contributed by atoms with Gasteiger partial charge in [0.25, 0.3) is 5.82 Å². The van der Waals surface area contributed by atoms with E-state index in [1.54, 1.807) is 13.3 Å². The van der Waals surface area contributed by atoms with Gasteiger partial charge in [-0.3, -0.25) is 0 Å². The molecule has 0 fully saturated rings. The van der Waals surface area contributed by atoms with Gasteiger partial charge in [0.15, 0.2) is 5.69 Å². The molecule has 0 saturated heterocycles. The first-order chi connectivity index (χ1) is 16.7. The lowest BCUT2D eigenvalue weighted by molar-refractivity contribution is 0.408. The van der Waals surface area contributed by atoms with Gasteiger partial charge in [0.1, 0.15) is 11.4 Å². The Kier molecular flexibility index (Phi) is 6.03. The van der Waals surface area contributed by atoms with Crippen molar-refractivity contribution in [1.29, 1.82) is 0 Å². The average molecular weight is 452 g/mol. The van der Waals surface area contributed by atoms with Crippen LogP contribution in [0.5, 0.6) is 5.75 Å². The molecule has 2 heterocycles. The minimum absolute atomic E-state index is 0.0664. The van der Waals surface area contributed by atoms with Crippen LogP contribution in [0.1, 0.15) is 24.1 Å². The number of ether oxygens (including phenoxy) is 1. The Bertz CT molecular complexity index is 1290. The van der Waals surface area contributed by atoms with Crippen molar-refractivity contribution in [3.8, 4) is 5.75 Å². The fourth-order valence-corrected chi connectivity index (χ4v) is 4.07. The molecule has 5 rings (SSSR count). The Balaban J connectivity index is 1.46. The number of nitrogens with one attached hydrogen (secondary N) is 2. The first-order valence-electron chi connectivity index (χ1n) is 11.2. The van der Waals surface area contributed by atoms with Crippen molar-refractivity contribution in [3.05, 3.63) is 102 Å². The molecule has 2 atom stereocenters. The molecule has 0 spiro atoms. The van der Waals surface area contributed by atoms with Crippen LogP contribution in [-0.4, -0.2) is 23.4 Å². The summed E-state index contributed by atoms with van der Waals surface area (Å²) in [5.74, 6) is 2.18. The van der Waals surface area contributed by atoms with E-state index in [1.807, 2.05) is 60.9 Å². The van der Waals surface area contributed by atoms with E-state index in [2.05, 4.69) is 53.0 Å². The van der Waals surface area contributed by atoms with Gasteiger partial charge in [-0.2, -0.15) is 9.98 Å². The van der Waals surface area contributed by atoms with Crippen LogP contribution in [0.3, 0.4) is 0 Å². The third-order valence-electron chi connectivity index (χ3n) is 5.97. The Morgan fingerprint density at radius 2 is 1.68 bits per heavy atom. The van der Waals surface area contributed by atoms with Gasteiger partial charge in [-0.25, -0.2) is 4.98 Å². The zero-order valence-electron chi connectivity index (χ0n) is 19.2. The Hall–Kier alpha value is -4.07. The van der Waals surface area contributed by atoms with Crippen LogP contribution >= 0.6 is 0 Å². The van der Waals surface area contributed by atoms with Gasteiger partial charge in [-0.05, 0) is 36.2 Å². The number of benzene rings is 3. The molecule has 1 aliphatic heterocycles. The van der Waals surface area contributed by atoms with E-state index in [1.165, 1.54) is 5.56 Å². The second-order valence-electron chi connectivity index (χ2n) is 8.15. The molecule has 1 aromatic heterocycles. The lowest BCUT2D eigenvalue weighted by atomic mass is 10.1. The van der Waals surface area contributed by atoms with Gasteiger partial charge in [-0.1, -0.05) is 54.6 Å². The molecule has 2 unspecified atom stereocenters. The molecule has 7 heteroatoms. The molecule has 170 valence electrons. The highest BCUT2D eigenvalue weighted by atomic mass is 16.5. The van der Waals surface area contributed by atoms with Crippen LogP contribution in [0.15, 0.2) is 96.1 Å². The van der Waals surface area contributed by atoms with E-state index < -0.39 is 0 Å². The lowest BCUT2D eigenvalue weighted by Gasteiger charge is -2.29. The summed E-state index contributed by atoms with van der Waals surface area (Å²) < 4.78 is 5.48. The highest BCUT2D eigenvalue weighted by molar-refractivity contribution is 5.93. The highest BCUT2D eigenvalue weighted by Crippen LogP contribution is 2.42. The monoisotopic (exact) mass is 451 g/mol. The largest absolute Gasteiger partial charge is 0.497 e. The van der Waals surface area contributed by atoms with Crippen molar-refractivity contribution in [2.24, 2.45) is 4.99 Å². The third kappa shape index (κ3) is 4.26. The molecular weight excluding hydrogens is 424 g/mol. The number of para-hydroxylation sites is 2. The SMILES string of the molecule is COc1ccc(CN[N+]2(c3ccnc(NC(C)c4ccccc4)n3)C=Nc3ccccc32)cc1. The zero-order valence-corrected chi connectivity index (χ0v) is 19.2. The maximum absolute atomic E-state index is 5.29. The predicted molar refractivity (Wildman–Crippen MR) is 136 cm³/mol. The number of rotatable bonds is 8. The first kappa shape index (κ1) is 21.8. The van der Waals surface area contributed by atoms with Crippen molar-refractivity contribution < 1.29 is 4.74 Å². The molecule has 4 aromatic rings. The average Bonchev–Trinajstić information content (AvgIpc) is 3.28. The normalized spacial score (nSPS) is 17.2. The minimum Gasteiger partial charge on any atom is -0.497 e. The molecule has 7 nitrogen and oxygen atoms in total. The van der Waals surface area contributed by atoms with E-state index in [0.29, 0.717) is 12.5 Å². The number of quaternary nitrogens is 1. The van der Waals surface area contributed by atoms with Gasteiger partial charge < -0.3 is 10.1 Å². The van der Waals surface area contributed by atoms with Crippen molar-refractivity contribution in [1.82, 2.24) is 20.0 Å². The molecule has 34 heavy (non-hydrogen) atoms. The van der Waals surface area contributed by atoms with Crippen LogP contribution < -0.4 is 20.1 Å². The number of nitrogens with zero attached hydrogens (tertiary/aromatic N) is 4. The first-order valence-corrected chi connectivity index (χ1v) is 11.2. The molecule has 3 aromatic carbocycles. The highest BCUT2D eigenvalue weighted by Gasteiger charge is 2.41. The van der Waals surface area contributed by atoms with Gasteiger partial charge in [0, 0.05) is 18.3 Å². The Morgan fingerprint density at radius 1 is 0.912 bits per heavy atom. The van der Waals surface area contributed by atoms with E-state index in [-0.39, 0.29) is 10.6 Å². The summed E-state index contributed by atoms with van der Waals surface area (Å²) in [5.41, 5.74) is 7.88. The number of aliphatic imine (C=N–C) groups is 1. The molecule has 2 N–H and O–H groups in total. The summed E-state index contributed by atoms with van der Waals surface area (Å²) in [5, 5.41) is 3.43. The maximum Gasteiger partial charge on any atom is 0.263 e. The van der Waals surface area contributed by atoms with E-state index >= 15 is 0 Å². The second-order valence-corrected chi connectivity index (χ2v) is 8.15. The van der Waals surface area contributed by atoms with Crippen LogP contribution in [0.2, 0.25) is 0 Å². The standard InChI is InChI=1S/C27H27N6O/c1-20(22-8-4-3-5-9-22)31-27-28-17-16-26(32-27)33(19-29-24-10-6-7-11-25(24)33)30-18-21-12-14-23(34-2)15-13-21/h3-17,19-20,30H,18H2,1-2H3,(H,28,31,32)/q+1. The molecular formula is C27H27N6O+. The number of anilines is 1. The van der Waals surface area contributed by atoms with Crippen LogP contribution in [-0.2, 0) is 6.54 Å². The molecule has 0 bridgehead atoms. The summed E-state index contributed by atoms with van der Waals surface area (Å²) in [6, 6.07) is 28.4. The van der Waals surface area contributed by atoms with Crippen molar-refractivity contribution >= 4 is 29.5 Å². The van der Waals surface area contributed by atoms with Gasteiger partial charge in [0.2, 0.25) is 12.3 Å². The third-order valence-corrected chi connectivity index (χ3v) is 5.97. The van der Waals surface area contributed by atoms with E-state index in [4.69, 9.17) is 14.7 Å². The Labute approximate surface area is 199 Å². The lowest BCUT2D eigenvalue weighted by Crippen LogP contribution is -2.53. The van der Waals surface area contributed by atoms with Crippen molar-refractivity contribution in [3.63, 3.8) is 0 Å². The molecule has 0 saturated carbocycles. The topological polar surface area (TPSA) is 71.4 Å². The van der Waals surface area contributed by atoms with Crippen LogP contribution in [0.4, 0.5) is 23.1 Å². The maximum atomic E-state index is 5.29. The quantitative estimate of drug-likeness (QED) is 0.338. The summed E-state index contributed by atoms with van der Waals surface area (Å²) in [6.45, 7) is 2.71. The molecule has 0 radical (unpaired) electrons. The molecule has 1 aliphatic rings. The number of fused-ring (bicyclic) bond motifs is 1. The van der Waals surface area contributed by atoms with E-state index in [9.17, 15) is 0 Å². The van der Waals surface area contributed by atoms with Crippen LogP contribution in [0.25, 0.3) is 0 Å². The molecule has 0 aliphatic carbocycles. The summed E-state index contributed by atoms with van der Waals surface area (Å²) in [7, 11) is 1.67. The summed E-state index contributed by atoms with van der Waals surface area (Å²) in [4.78, 5) is 14.1. The smallest absolute Gasteiger partial charge is 0.263 e. The van der Waals surface area contributed by atoms with E-state index in [0.717, 1.165) is 28.5 Å². The number of aromatic nitrogens is 2. The number of hydrogen-bond donors (Lipinski definition) is 2. The Morgan fingerprint density at radius 3 is 2.47 bits per heavy atom. The predicted octanol–water partition coefficient (Wildman–Crippen LogP) is 5.68. The molecule has 0 amide bonds. The zero-order chi connectivity index (χ0) is 23.4. The van der Waals surface area contributed by atoms with Gasteiger partial charge in [-0.15, -0.1) is 10.0 Å². The number of hydrogen-bond acceptors (Lipinski definition) is 6. The fraction of sp³-hybridized carbons (Fsp3) is 0.148. The minimum atomic E-state index is 0.0664. The number of methoxy groups -OCH3 is 1.